The van der Waals surface area contributed by atoms with Crippen LogP contribution in [0.1, 0.15) is 33.9 Å². The number of carbonyl (C=O) groups is 2. The molecule has 1 unspecified atom stereocenters. The average molecular weight is 640 g/mol. The summed E-state index contributed by atoms with van der Waals surface area (Å²) in [6, 6.07) is 25.7. The number of ketones is 1. The number of hydrogen-bond donors (Lipinski definition) is 2. The Labute approximate surface area is 266 Å². The quantitative estimate of drug-likeness (QED) is 0.0573. The van der Waals surface area contributed by atoms with Gasteiger partial charge in [-0.25, -0.2) is 4.39 Å². The van der Waals surface area contributed by atoms with Gasteiger partial charge in [0.1, 0.15) is 29.7 Å². The Kier molecular flexibility index (Phi) is 8.63. The number of aliphatic hydroxyl groups is 1. The minimum absolute atomic E-state index is 0.0685. The number of amides is 1. The molecule has 0 bridgehead atoms. The number of aromatic nitrogens is 2. The predicted molar refractivity (Wildman–Crippen MR) is 171 cm³/mol. The Bertz CT molecular complexity index is 1910. The molecule has 45 heavy (non-hydrogen) atoms. The Hall–Kier alpha value is -5.00. The van der Waals surface area contributed by atoms with Crippen molar-refractivity contribution in [2.45, 2.75) is 29.7 Å². The molecule has 5 aromatic rings. The fraction of sp³-hybridized carbons (Fsp3) is 0.118. The van der Waals surface area contributed by atoms with Crippen LogP contribution < -0.4 is 9.64 Å². The standard InChI is InChI=1S/C34H26FN3O5S2/c1-20-5-2-3-6-24(20)18-43-27-15-11-22(12-16-27)30(40)28-29(23-7-4-8-26(39)17-23)38(32(42)31(28)41)33-36-37-34(45-33)44-19-21-9-13-25(35)14-10-21/h2-17,29,39-40H,18-19H2,1H3. The number of thioether (sulfide) groups is 1. The van der Waals surface area contributed by atoms with E-state index in [1.807, 2.05) is 31.2 Å². The van der Waals surface area contributed by atoms with Gasteiger partial charge in [-0.15, -0.1) is 10.2 Å². The summed E-state index contributed by atoms with van der Waals surface area (Å²) in [6.45, 7) is 2.38. The highest BCUT2D eigenvalue weighted by atomic mass is 32.2. The second kappa shape index (κ2) is 12.9. The summed E-state index contributed by atoms with van der Waals surface area (Å²) in [5.74, 6) is -1.48. The number of Topliss-reactive ketones (excluding diaryl/α,β-unsaturated/α-hetero) is 1. The second-order valence-corrected chi connectivity index (χ2v) is 12.4. The van der Waals surface area contributed by atoms with Gasteiger partial charge < -0.3 is 14.9 Å². The molecule has 0 spiro atoms. The molecule has 8 nitrogen and oxygen atoms in total. The van der Waals surface area contributed by atoms with Gasteiger partial charge in [-0.1, -0.05) is 71.6 Å². The van der Waals surface area contributed by atoms with Crippen molar-refractivity contribution in [2.75, 3.05) is 4.90 Å². The first-order valence-electron chi connectivity index (χ1n) is 13.9. The average Bonchev–Trinajstić information content (AvgIpc) is 3.62. The topological polar surface area (TPSA) is 113 Å². The lowest BCUT2D eigenvalue weighted by Gasteiger charge is -2.22. The maximum absolute atomic E-state index is 13.5. The lowest BCUT2D eigenvalue weighted by Crippen LogP contribution is -2.29. The van der Waals surface area contributed by atoms with Crippen molar-refractivity contribution >= 4 is 45.7 Å². The van der Waals surface area contributed by atoms with E-state index in [1.54, 1.807) is 48.5 Å². The van der Waals surface area contributed by atoms with Crippen LogP contribution in [-0.2, 0) is 21.9 Å². The molecular weight excluding hydrogens is 614 g/mol. The number of rotatable bonds is 9. The van der Waals surface area contributed by atoms with Crippen molar-refractivity contribution < 1.29 is 28.9 Å². The van der Waals surface area contributed by atoms with Crippen molar-refractivity contribution in [1.29, 1.82) is 0 Å². The van der Waals surface area contributed by atoms with Crippen LogP contribution in [0.4, 0.5) is 9.52 Å². The molecule has 0 radical (unpaired) electrons. The summed E-state index contributed by atoms with van der Waals surface area (Å²) in [5.41, 5.74) is 3.61. The number of anilines is 1. The van der Waals surface area contributed by atoms with E-state index in [4.69, 9.17) is 4.74 Å². The molecule has 0 aliphatic carbocycles. The number of aromatic hydroxyl groups is 1. The highest BCUT2D eigenvalue weighted by Crippen LogP contribution is 2.44. The zero-order valence-electron chi connectivity index (χ0n) is 23.9. The van der Waals surface area contributed by atoms with E-state index in [0.717, 1.165) is 28.0 Å². The van der Waals surface area contributed by atoms with Gasteiger partial charge in [-0.05, 0) is 77.7 Å². The SMILES string of the molecule is Cc1ccccc1COc1ccc(C(O)=C2C(=O)C(=O)N(c3nnc(SCc4ccc(F)cc4)s3)C2c2cccc(O)c2)cc1. The molecule has 11 heteroatoms. The Morgan fingerprint density at radius 1 is 0.978 bits per heavy atom. The van der Waals surface area contributed by atoms with Crippen LogP contribution in [0.5, 0.6) is 11.5 Å². The van der Waals surface area contributed by atoms with E-state index in [9.17, 15) is 24.2 Å². The van der Waals surface area contributed by atoms with E-state index in [2.05, 4.69) is 10.2 Å². The molecule has 6 rings (SSSR count). The van der Waals surface area contributed by atoms with Crippen LogP contribution in [-0.4, -0.2) is 32.1 Å². The monoisotopic (exact) mass is 639 g/mol. The Balaban J connectivity index is 1.30. The largest absolute Gasteiger partial charge is 0.508 e. The summed E-state index contributed by atoms with van der Waals surface area (Å²) < 4.78 is 19.7. The van der Waals surface area contributed by atoms with Crippen LogP contribution in [0.15, 0.2) is 107 Å². The van der Waals surface area contributed by atoms with Gasteiger partial charge in [0.25, 0.3) is 5.78 Å². The molecule has 1 saturated heterocycles. The van der Waals surface area contributed by atoms with E-state index in [-0.39, 0.29) is 28.0 Å². The van der Waals surface area contributed by atoms with Crippen LogP contribution in [0.2, 0.25) is 0 Å². The highest BCUT2D eigenvalue weighted by molar-refractivity contribution is 8.00. The van der Waals surface area contributed by atoms with Crippen molar-refractivity contribution in [2.24, 2.45) is 0 Å². The van der Waals surface area contributed by atoms with Gasteiger partial charge in [-0.2, -0.15) is 0 Å². The van der Waals surface area contributed by atoms with E-state index < -0.39 is 17.7 Å². The molecule has 2 heterocycles. The third-order valence-corrected chi connectivity index (χ3v) is 9.42. The first kappa shape index (κ1) is 30.0. The van der Waals surface area contributed by atoms with E-state index in [0.29, 0.717) is 33.6 Å². The third kappa shape index (κ3) is 6.45. The van der Waals surface area contributed by atoms with E-state index >= 15 is 0 Å². The predicted octanol–water partition coefficient (Wildman–Crippen LogP) is 7.19. The van der Waals surface area contributed by atoms with Gasteiger partial charge in [0, 0.05) is 11.3 Å². The third-order valence-electron chi connectivity index (χ3n) is 7.29. The molecule has 1 aromatic heterocycles. The van der Waals surface area contributed by atoms with Gasteiger partial charge in [0.05, 0.1) is 11.6 Å². The number of hydrogen-bond acceptors (Lipinski definition) is 9. The van der Waals surface area contributed by atoms with Gasteiger partial charge in [0.2, 0.25) is 5.13 Å². The number of aryl methyl sites for hydroxylation is 1. The van der Waals surface area contributed by atoms with Crippen LogP contribution in [0, 0.1) is 12.7 Å². The van der Waals surface area contributed by atoms with Crippen LogP contribution >= 0.6 is 23.1 Å². The maximum atomic E-state index is 13.5. The first-order valence-corrected chi connectivity index (χ1v) is 15.7. The molecule has 1 fully saturated rings. The smallest absolute Gasteiger partial charge is 0.301 e. The minimum Gasteiger partial charge on any atom is -0.508 e. The van der Waals surface area contributed by atoms with Gasteiger partial charge in [0.15, 0.2) is 4.34 Å². The van der Waals surface area contributed by atoms with Gasteiger partial charge in [-0.3, -0.25) is 14.5 Å². The first-order chi connectivity index (χ1) is 21.8. The fourth-order valence-electron chi connectivity index (χ4n) is 4.92. The molecule has 4 aromatic carbocycles. The van der Waals surface area contributed by atoms with Gasteiger partial charge >= 0.3 is 5.91 Å². The van der Waals surface area contributed by atoms with Crippen molar-refractivity contribution in [1.82, 2.24) is 10.2 Å². The zero-order chi connectivity index (χ0) is 31.5. The maximum Gasteiger partial charge on any atom is 0.301 e. The second-order valence-electron chi connectivity index (χ2n) is 10.3. The summed E-state index contributed by atoms with van der Waals surface area (Å²) in [7, 11) is 0. The molecule has 1 amide bonds. The summed E-state index contributed by atoms with van der Waals surface area (Å²) in [5, 5.41) is 30.3. The number of halogens is 1. The normalized spacial score (nSPS) is 15.9. The van der Waals surface area contributed by atoms with Crippen LogP contribution in [0.3, 0.4) is 0 Å². The lowest BCUT2D eigenvalue weighted by molar-refractivity contribution is -0.132. The Morgan fingerprint density at radius 3 is 2.47 bits per heavy atom. The molecule has 2 N–H and O–H groups in total. The molecule has 1 aliphatic heterocycles. The number of phenols is 1. The molecule has 1 aliphatic rings. The summed E-state index contributed by atoms with van der Waals surface area (Å²) >= 11 is 2.47. The summed E-state index contributed by atoms with van der Waals surface area (Å²) in [6.07, 6.45) is 0. The number of phenolic OH excluding ortho intramolecular Hbond substituents is 1. The molecule has 226 valence electrons. The minimum atomic E-state index is -1.07. The van der Waals surface area contributed by atoms with Crippen molar-refractivity contribution in [3.8, 4) is 11.5 Å². The number of benzene rings is 4. The Morgan fingerprint density at radius 2 is 1.73 bits per heavy atom. The molecule has 0 saturated carbocycles. The summed E-state index contributed by atoms with van der Waals surface area (Å²) in [4.78, 5) is 28.2. The van der Waals surface area contributed by atoms with E-state index in [1.165, 1.54) is 40.9 Å². The number of ether oxygens (including phenoxy) is 1. The number of aliphatic hydroxyl groups excluding tert-OH is 1. The lowest BCUT2D eigenvalue weighted by atomic mass is 9.95. The van der Waals surface area contributed by atoms with Crippen molar-refractivity contribution in [3.05, 3.63) is 136 Å². The van der Waals surface area contributed by atoms with Crippen LogP contribution in [0.25, 0.3) is 5.76 Å². The zero-order valence-corrected chi connectivity index (χ0v) is 25.5. The number of nitrogens with zero attached hydrogens (tertiary/aromatic N) is 3. The fourth-order valence-corrected chi connectivity index (χ4v) is 6.75. The number of carbonyl (C=O) groups excluding carboxylic acids is 2. The van der Waals surface area contributed by atoms with Crippen molar-refractivity contribution in [3.63, 3.8) is 0 Å². The highest BCUT2D eigenvalue weighted by Gasteiger charge is 2.48. The molecule has 1 atom stereocenters. The molecular formula is C34H26FN3O5S2.